The molecule has 7 nitrogen and oxygen atoms in total. The van der Waals surface area contributed by atoms with Gasteiger partial charge in [0, 0.05) is 42.5 Å². The van der Waals surface area contributed by atoms with Crippen LogP contribution in [0.3, 0.4) is 0 Å². The fourth-order valence-corrected chi connectivity index (χ4v) is 3.33. The Kier molecular flexibility index (Phi) is 4.59. The van der Waals surface area contributed by atoms with Gasteiger partial charge < -0.3 is 15.0 Å². The Balaban J connectivity index is 1.37. The lowest BCUT2D eigenvalue weighted by Gasteiger charge is -2.33. The number of rotatable bonds is 3. The molecule has 1 N–H and O–H groups in total. The first kappa shape index (κ1) is 16.6. The maximum absolute atomic E-state index is 12.2. The van der Waals surface area contributed by atoms with Crippen LogP contribution in [0.4, 0.5) is 5.82 Å². The molecule has 0 radical (unpaired) electrons. The van der Waals surface area contributed by atoms with Crippen LogP contribution in [0.2, 0.25) is 0 Å². The number of thiazole rings is 1. The van der Waals surface area contributed by atoms with Crippen LogP contribution < -0.4 is 5.32 Å². The van der Waals surface area contributed by atoms with Crippen molar-refractivity contribution in [3.05, 3.63) is 51.6 Å². The van der Waals surface area contributed by atoms with Gasteiger partial charge in [-0.05, 0) is 29.4 Å². The molecule has 8 heteroatoms. The summed E-state index contributed by atoms with van der Waals surface area (Å²) in [5.74, 6) is 0.255. The number of hydrogen-bond acceptors (Lipinski definition) is 6. The average molecular weight is 368 g/mol. The monoisotopic (exact) mass is 368 g/mol. The van der Waals surface area contributed by atoms with Gasteiger partial charge in [-0.3, -0.25) is 9.59 Å². The van der Waals surface area contributed by atoms with E-state index in [1.54, 1.807) is 40.8 Å². The Morgan fingerprint density at radius 2 is 2.19 bits per heavy atom. The fourth-order valence-electron chi connectivity index (χ4n) is 2.71. The van der Waals surface area contributed by atoms with Gasteiger partial charge in [0.15, 0.2) is 0 Å². The molecular weight excluding hydrogens is 352 g/mol. The number of nitrogens with zero attached hydrogens (tertiary/aromatic N) is 3. The number of anilines is 1. The average Bonchev–Trinajstić information content (AvgIpc) is 3.03. The molecule has 2 aliphatic rings. The van der Waals surface area contributed by atoms with E-state index in [-0.39, 0.29) is 18.4 Å². The number of carbonyl (C=O) groups is 2. The molecule has 1 fully saturated rings. The fraction of sp³-hybridized carbons (Fsp3) is 0.222. The van der Waals surface area contributed by atoms with E-state index in [9.17, 15) is 9.59 Å². The van der Waals surface area contributed by atoms with E-state index >= 15 is 0 Å². The highest BCUT2D eigenvalue weighted by Gasteiger charge is 2.23. The van der Waals surface area contributed by atoms with E-state index in [2.05, 4.69) is 15.3 Å². The minimum Gasteiger partial charge on any atom is -0.367 e. The maximum Gasteiger partial charge on any atom is 0.251 e. The zero-order chi connectivity index (χ0) is 17.9. The van der Waals surface area contributed by atoms with E-state index in [4.69, 9.17) is 4.74 Å². The molecule has 0 aromatic carbocycles. The Labute approximate surface area is 154 Å². The molecule has 0 saturated carbocycles. The highest BCUT2D eigenvalue weighted by Crippen LogP contribution is 2.21. The molecule has 1 saturated heterocycles. The molecule has 0 atom stereocenters. The Morgan fingerprint density at radius 3 is 3.00 bits per heavy atom. The molecule has 4 heterocycles. The lowest BCUT2D eigenvalue weighted by Crippen LogP contribution is -2.43. The Hall–Kier alpha value is -2.84. The van der Waals surface area contributed by atoms with Gasteiger partial charge in [0.05, 0.1) is 6.61 Å². The van der Waals surface area contributed by atoms with Crippen molar-refractivity contribution in [1.82, 2.24) is 14.9 Å². The van der Waals surface area contributed by atoms with E-state index in [0.29, 0.717) is 25.5 Å². The third-order valence-corrected chi connectivity index (χ3v) is 4.76. The number of aromatic nitrogens is 2. The number of amides is 2. The number of ether oxygens (including phenoxy) is 1. The van der Waals surface area contributed by atoms with Crippen LogP contribution in [0, 0.1) is 0 Å². The van der Waals surface area contributed by atoms with Crippen LogP contribution in [0.25, 0.3) is 12.2 Å². The molecule has 132 valence electrons. The summed E-state index contributed by atoms with van der Waals surface area (Å²) < 4.78 is 5.27. The quantitative estimate of drug-likeness (QED) is 0.837. The summed E-state index contributed by atoms with van der Waals surface area (Å²) in [5.41, 5.74) is 2.78. The molecule has 26 heavy (non-hydrogen) atoms. The first-order valence-electron chi connectivity index (χ1n) is 8.10. The van der Waals surface area contributed by atoms with Gasteiger partial charge in [-0.2, -0.15) is 0 Å². The zero-order valence-electron chi connectivity index (χ0n) is 13.8. The molecule has 0 aliphatic carbocycles. The van der Waals surface area contributed by atoms with Crippen molar-refractivity contribution in [2.45, 2.75) is 6.61 Å². The van der Waals surface area contributed by atoms with Gasteiger partial charge in [-0.15, -0.1) is 11.3 Å². The summed E-state index contributed by atoms with van der Waals surface area (Å²) in [5, 5.41) is 5.59. The van der Waals surface area contributed by atoms with Crippen molar-refractivity contribution >= 4 is 41.1 Å². The molecular formula is C18H16N4O3S. The van der Waals surface area contributed by atoms with Crippen molar-refractivity contribution in [1.29, 1.82) is 0 Å². The van der Waals surface area contributed by atoms with E-state index in [1.165, 1.54) is 5.57 Å². The van der Waals surface area contributed by atoms with Crippen molar-refractivity contribution in [2.75, 3.05) is 25.0 Å². The summed E-state index contributed by atoms with van der Waals surface area (Å²) in [4.78, 5) is 33.9. The Morgan fingerprint density at radius 1 is 1.31 bits per heavy atom. The molecule has 0 spiro atoms. The van der Waals surface area contributed by atoms with Gasteiger partial charge in [-0.1, -0.05) is 0 Å². The molecule has 0 bridgehead atoms. The first-order valence-corrected chi connectivity index (χ1v) is 8.98. The van der Waals surface area contributed by atoms with Crippen LogP contribution in [0.1, 0.15) is 16.1 Å². The van der Waals surface area contributed by atoms with Crippen molar-refractivity contribution in [2.24, 2.45) is 0 Å². The zero-order valence-corrected chi connectivity index (χ0v) is 14.7. The predicted molar refractivity (Wildman–Crippen MR) is 98.2 cm³/mol. The number of carbonyl (C=O) groups excluding carboxylic acids is 2. The molecule has 2 aliphatic heterocycles. The highest BCUT2D eigenvalue weighted by atomic mass is 32.1. The van der Waals surface area contributed by atoms with Gasteiger partial charge in [-0.25, -0.2) is 9.97 Å². The van der Waals surface area contributed by atoms with Crippen LogP contribution in [0.15, 0.2) is 35.5 Å². The van der Waals surface area contributed by atoms with Gasteiger partial charge in [0.1, 0.15) is 17.4 Å². The van der Waals surface area contributed by atoms with E-state index in [1.807, 2.05) is 17.5 Å². The second-order valence-electron chi connectivity index (χ2n) is 6.02. The molecule has 2 amide bonds. The minimum absolute atomic E-state index is 0.0197. The normalized spacial score (nSPS) is 16.7. The van der Waals surface area contributed by atoms with Crippen LogP contribution >= 0.6 is 11.3 Å². The largest absolute Gasteiger partial charge is 0.367 e. The summed E-state index contributed by atoms with van der Waals surface area (Å²) in [6, 6.07) is 1.86. The smallest absolute Gasteiger partial charge is 0.251 e. The summed E-state index contributed by atoms with van der Waals surface area (Å²) in [7, 11) is 0. The molecule has 4 rings (SSSR count). The number of likely N-dealkylation sites (tertiary alicyclic amines) is 1. The van der Waals surface area contributed by atoms with Crippen molar-refractivity contribution in [3.63, 3.8) is 0 Å². The van der Waals surface area contributed by atoms with Crippen molar-refractivity contribution in [3.8, 4) is 0 Å². The van der Waals surface area contributed by atoms with Gasteiger partial charge >= 0.3 is 0 Å². The third kappa shape index (κ3) is 3.71. The number of nitrogens with one attached hydrogen (secondary N) is 1. The second-order valence-corrected chi connectivity index (χ2v) is 6.94. The SMILES string of the molecule is O=C1COCc2cc(C=CC(=O)N3CC(=Cc4nccs4)C3)cnc2N1. The molecule has 0 unspecified atom stereocenters. The number of hydrogen-bond donors (Lipinski definition) is 1. The van der Waals surface area contributed by atoms with Crippen molar-refractivity contribution < 1.29 is 14.3 Å². The minimum atomic E-state index is -0.214. The summed E-state index contributed by atoms with van der Waals surface area (Å²) in [6.45, 7) is 1.59. The lowest BCUT2D eigenvalue weighted by atomic mass is 10.1. The maximum atomic E-state index is 12.2. The van der Waals surface area contributed by atoms with Gasteiger partial charge in [0.2, 0.25) is 5.91 Å². The topological polar surface area (TPSA) is 84.4 Å². The molecule has 2 aromatic rings. The second kappa shape index (κ2) is 7.19. The highest BCUT2D eigenvalue weighted by molar-refractivity contribution is 7.10. The van der Waals surface area contributed by atoms with Crippen LogP contribution in [-0.2, 0) is 20.9 Å². The number of fused-ring (bicyclic) bond motifs is 1. The van der Waals surface area contributed by atoms with Crippen LogP contribution in [-0.4, -0.2) is 46.4 Å². The summed E-state index contributed by atoms with van der Waals surface area (Å²) in [6.07, 6.45) is 8.69. The van der Waals surface area contributed by atoms with E-state index < -0.39 is 0 Å². The summed E-state index contributed by atoms with van der Waals surface area (Å²) >= 11 is 1.58. The molecule has 2 aromatic heterocycles. The Bertz CT molecular complexity index is 897. The lowest BCUT2D eigenvalue weighted by molar-refractivity contribution is -0.127. The van der Waals surface area contributed by atoms with Crippen LogP contribution in [0.5, 0.6) is 0 Å². The first-order chi connectivity index (χ1) is 12.7. The van der Waals surface area contributed by atoms with Gasteiger partial charge in [0.25, 0.3) is 5.91 Å². The standard InChI is InChI=1S/C18H16N4O3S/c23-15-11-25-10-14-5-12(7-20-18(14)21-15)1-2-17(24)22-8-13(9-22)6-16-19-3-4-26-16/h1-7H,8-11H2,(H,20,21,23). The predicted octanol–water partition coefficient (Wildman–Crippen LogP) is 1.95. The van der Waals surface area contributed by atoms with E-state index in [0.717, 1.165) is 16.1 Å². The number of pyridine rings is 1. The third-order valence-electron chi connectivity index (χ3n) is 4.03.